The average molecular weight is 242 g/mol. The monoisotopic (exact) mass is 242 g/mol. The summed E-state index contributed by atoms with van der Waals surface area (Å²) in [4.78, 5) is 0. The number of nitrogens with two attached hydrogens (primary N) is 1. The van der Waals surface area contributed by atoms with Crippen LogP contribution in [0.15, 0.2) is 24.3 Å². The predicted octanol–water partition coefficient (Wildman–Crippen LogP) is 2.28. The van der Waals surface area contributed by atoms with Crippen LogP contribution in [0, 0.1) is 23.7 Å². The Morgan fingerprint density at radius 2 is 1.61 bits per heavy atom. The van der Waals surface area contributed by atoms with E-state index in [0.717, 1.165) is 36.3 Å². The van der Waals surface area contributed by atoms with E-state index < -0.39 is 0 Å². The number of hydrogen-bond acceptors (Lipinski definition) is 2. The third-order valence-corrected chi connectivity index (χ3v) is 5.54. The Labute approximate surface area is 109 Å². The second kappa shape index (κ2) is 4.07. The molecule has 4 atom stereocenters. The molecule has 0 saturated heterocycles. The van der Waals surface area contributed by atoms with Gasteiger partial charge in [-0.25, -0.2) is 0 Å². The maximum atomic E-state index is 5.62. The first-order valence-electron chi connectivity index (χ1n) is 7.38. The van der Waals surface area contributed by atoms with Gasteiger partial charge in [0.25, 0.3) is 0 Å². The second-order valence-electron chi connectivity index (χ2n) is 6.42. The molecule has 2 heteroatoms. The second-order valence-corrected chi connectivity index (χ2v) is 6.42. The Morgan fingerprint density at radius 1 is 1.00 bits per heavy atom. The van der Waals surface area contributed by atoms with Crippen LogP contribution in [-0.2, 0) is 13.1 Å². The summed E-state index contributed by atoms with van der Waals surface area (Å²) in [7, 11) is 0. The van der Waals surface area contributed by atoms with Crippen LogP contribution in [0.25, 0.3) is 0 Å². The first-order valence-corrected chi connectivity index (χ1v) is 7.38. The van der Waals surface area contributed by atoms with E-state index in [1.54, 1.807) is 6.42 Å². The minimum Gasteiger partial charge on any atom is -0.326 e. The molecule has 96 valence electrons. The first-order chi connectivity index (χ1) is 8.86. The minimum absolute atomic E-state index is 0.643. The average Bonchev–Trinajstić information content (AvgIpc) is 2.81. The van der Waals surface area contributed by atoms with E-state index in [4.69, 9.17) is 5.73 Å². The van der Waals surface area contributed by atoms with E-state index in [2.05, 4.69) is 29.6 Å². The molecule has 2 nitrogen and oxygen atoms in total. The highest BCUT2D eigenvalue weighted by Gasteiger charge is 2.64. The van der Waals surface area contributed by atoms with E-state index in [1.807, 2.05) is 0 Å². The van der Waals surface area contributed by atoms with Crippen molar-refractivity contribution in [1.82, 2.24) is 5.32 Å². The molecule has 4 unspecified atom stereocenters. The van der Waals surface area contributed by atoms with Crippen molar-refractivity contribution in [3.63, 3.8) is 0 Å². The van der Waals surface area contributed by atoms with Crippen LogP contribution in [0.3, 0.4) is 0 Å². The topological polar surface area (TPSA) is 38.0 Å². The highest BCUT2D eigenvalue weighted by Crippen LogP contribution is 2.65. The van der Waals surface area contributed by atoms with Crippen molar-refractivity contribution >= 4 is 0 Å². The molecule has 0 aromatic heterocycles. The molecule has 1 aromatic rings. The lowest BCUT2D eigenvalue weighted by Gasteiger charge is -2.10. The van der Waals surface area contributed by atoms with Crippen LogP contribution >= 0.6 is 0 Å². The van der Waals surface area contributed by atoms with Crippen LogP contribution in [-0.4, -0.2) is 6.04 Å². The maximum Gasteiger partial charge on any atom is 0.0208 e. The Hall–Kier alpha value is -0.860. The SMILES string of the molecule is NCc1ccc(CNC2C3C4CCC(C4)C23)cc1. The van der Waals surface area contributed by atoms with Gasteiger partial charge in [0.1, 0.15) is 0 Å². The van der Waals surface area contributed by atoms with Gasteiger partial charge in [0.05, 0.1) is 0 Å². The van der Waals surface area contributed by atoms with Gasteiger partial charge in [0, 0.05) is 19.1 Å². The molecule has 3 aliphatic carbocycles. The van der Waals surface area contributed by atoms with Gasteiger partial charge in [-0.1, -0.05) is 24.3 Å². The van der Waals surface area contributed by atoms with E-state index >= 15 is 0 Å². The quantitative estimate of drug-likeness (QED) is 0.850. The van der Waals surface area contributed by atoms with Crippen LogP contribution in [0.2, 0.25) is 0 Å². The Kier molecular flexibility index (Phi) is 2.49. The zero-order valence-electron chi connectivity index (χ0n) is 10.8. The minimum atomic E-state index is 0.643. The van der Waals surface area contributed by atoms with Gasteiger partial charge in [0.15, 0.2) is 0 Å². The third kappa shape index (κ3) is 1.63. The van der Waals surface area contributed by atoms with Gasteiger partial charge in [-0.2, -0.15) is 0 Å². The van der Waals surface area contributed by atoms with Crippen LogP contribution in [0.5, 0.6) is 0 Å². The van der Waals surface area contributed by atoms with Crippen molar-refractivity contribution in [2.24, 2.45) is 29.4 Å². The molecule has 0 amide bonds. The van der Waals surface area contributed by atoms with Crippen LogP contribution < -0.4 is 11.1 Å². The lowest BCUT2D eigenvalue weighted by Crippen LogP contribution is -2.22. The lowest BCUT2D eigenvalue weighted by molar-refractivity contribution is 0.456. The van der Waals surface area contributed by atoms with Gasteiger partial charge in [-0.15, -0.1) is 0 Å². The van der Waals surface area contributed by atoms with Crippen molar-refractivity contribution < 1.29 is 0 Å². The molecule has 3 saturated carbocycles. The molecule has 1 aromatic carbocycles. The summed E-state index contributed by atoms with van der Waals surface area (Å²) in [5, 5.41) is 3.78. The standard InChI is InChI=1S/C16H22N2/c17-8-10-1-3-11(4-2-10)9-18-16-14-12-5-6-13(7-12)15(14)16/h1-4,12-16,18H,5-9,17H2. The molecule has 0 radical (unpaired) electrons. The molecule has 2 bridgehead atoms. The maximum absolute atomic E-state index is 5.62. The molecule has 4 rings (SSSR count). The van der Waals surface area contributed by atoms with Crippen molar-refractivity contribution in [2.75, 3.05) is 0 Å². The van der Waals surface area contributed by atoms with E-state index in [-0.39, 0.29) is 0 Å². The summed E-state index contributed by atoms with van der Waals surface area (Å²) in [5.74, 6) is 4.20. The number of hydrogen-bond donors (Lipinski definition) is 2. The summed E-state index contributed by atoms with van der Waals surface area (Å²) in [6, 6.07) is 9.55. The number of benzene rings is 1. The fraction of sp³-hybridized carbons (Fsp3) is 0.625. The molecule has 0 aliphatic heterocycles. The lowest BCUT2D eigenvalue weighted by atomic mass is 10.0. The molecule has 18 heavy (non-hydrogen) atoms. The zero-order valence-corrected chi connectivity index (χ0v) is 10.8. The Balaban J connectivity index is 1.34. The van der Waals surface area contributed by atoms with Gasteiger partial charge in [0.2, 0.25) is 0 Å². The molecular formula is C16H22N2. The summed E-state index contributed by atoms with van der Waals surface area (Å²) in [6.45, 7) is 1.67. The molecule has 3 fully saturated rings. The van der Waals surface area contributed by atoms with Gasteiger partial charge in [-0.05, 0) is 54.1 Å². The van der Waals surface area contributed by atoms with Crippen molar-refractivity contribution in [3.05, 3.63) is 35.4 Å². The molecule has 3 aliphatic rings. The molecular weight excluding hydrogens is 220 g/mol. The highest BCUT2D eigenvalue weighted by atomic mass is 15.0. The smallest absolute Gasteiger partial charge is 0.0208 e. The first kappa shape index (κ1) is 11.0. The number of fused-ring (bicyclic) bond motifs is 5. The van der Waals surface area contributed by atoms with Gasteiger partial charge < -0.3 is 11.1 Å². The predicted molar refractivity (Wildman–Crippen MR) is 72.8 cm³/mol. The van der Waals surface area contributed by atoms with Gasteiger partial charge >= 0.3 is 0 Å². The summed E-state index contributed by atoms with van der Waals surface area (Å²) in [5.41, 5.74) is 8.23. The van der Waals surface area contributed by atoms with Crippen molar-refractivity contribution in [2.45, 2.75) is 38.4 Å². The van der Waals surface area contributed by atoms with Crippen LogP contribution in [0.1, 0.15) is 30.4 Å². The fourth-order valence-corrected chi connectivity index (χ4v) is 4.63. The van der Waals surface area contributed by atoms with Gasteiger partial charge in [-0.3, -0.25) is 0 Å². The zero-order chi connectivity index (χ0) is 12.1. The Morgan fingerprint density at radius 3 is 2.22 bits per heavy atom. The largest absolute Gasteiger partial charge is 0.326 e. The van der Waals surface area contributed by atoms with E-state index in [1.165, 1.54) is 24.0 Å². The molecule has 0 heterocycles. The van der Waals surface area contributed by atoms with Crippen LogP contribution in [0.4, 0.5) is 0 Å². The number of rotatable bonds is 4. The Bertz CT molecular complexity index is 423. The molecule has 0 spiro atoms. The number of nitrogens with one attached hydrogen (secondary N) is 1. The van der Waals surface area contributed by atoms with E-state index in [9.17, 15) is 0 Å². The normalized spacial score (nSPS) is 39.9. The summed E-state index contributed by atoms with van der Waals surface area (Å²) in [6.07, 6.45) is 4.56. The fourth-order valence-electron chi connectivity index (χ4n) is 4.63. The third-order valence-electron chi connectivity index (χ3n) is 5.54. The van der Waals surface area contributed by atoms with Crippen molar-refractivity contribution in [1.29, 1.82) is 0 Å². The van der Waals surface area contributed by atoms with E-state index in [0.29, 0.717) is 6.54 Å². The van der Waals surface area contributed by atoms with Crippen molar-refractivity contribution in [3.8, 4) is 0 Å². The highest BCUT2D eigenvalue weighted by molar-refractivity contribution is 5.23. The summed E-state index contributed by atoms with van der Waals surface area (Å²) >= 11 is 0. The molecule has 3 N–H and O–H groups in total. The summed E-state index contributed by atoms with van der Waals surface area (Å²) < 4.78 is 0.